The molecule has 1 aliphatic rings. The van der Waals surface area contributed by atoms with Crippen molar-refractivity contribution in [1.82, 2.24) is 20.3 Å². The number of ether oxygens (including phenoxy) is 3. The number of hydrogen-bond donors (Lipinski definition) is 3. The zero-order valence-corrected chi connectivity index (χ0v) is 18.9. The van der Waals surface area contributed by atoms with Gasteiger partial charge in [0.1, 0.15) is 23.3 Å². The summed E-state index contributed by atoms with van der Waals surface area (Å²) in [6, 6.07) is 8.82. The van der Waals surface area contributed by atoms with E-state index >= 15 is 0 Å². The number of carbonyl (C=O) groups is 1. The van der Waals surface area contributed by atoms with E-state index in [0.717, 1.165) is 23.8 Å². The maximum absolute atomic E-state index is 12.0. The molecule has 0 radical (unpaired) electrons. The molecule has 1 saturated heterocycles. The number of amides is 1. The van der Waals surface area contributed by atoms with Crippen molar-refractivity contribution in [1.29, 1.82) is 0 Å². The molecule has 0 aliphatic carbocycles. The van der Waals surface area contributed by atoms with Crippen LogP contribution in [0.3, 0.4) is 0 Å². The van der Waals surface area contributed by atoms with Crippen molar-refractivity contribution in [3.63, 3.8) is 0 Å². The highest BCUT2D eigenvalue weighted by molar-refractivity contribution is 5.97. The molecule has 0 atom stereocenters. The maximum atomic E-state index is 12.0. The molecule has 1 amide bonds. The van der Waals surface area contributed by atoms with Gasteiger partial charge < -0.3 is 34.2 Å². The number of H-pyrrole nitrogens is 1. The minimum absolute atomic E-state index is 0.0135. The molecule has 1 aliphatic heterocycles. The van der Waals surface area contributed by atoms with Gasteiger partial charge >= 0.3 is 0 Å². The van der Waals surface area contributed by atoms with E-state index in [2.05, 4.69) is 20.6 Å². The summed E-state index contributed by atoms with van der Waals surface area (Å²) in [5.41, 5.74) is 2.52. The predicted molar refractivity (Wildman–Crippen MR) is 126 cm³/mol. The molecule has 4 aromatic rings. The van der Waals surface area contributed by atoms with Crippen LogP contribution in [0.25, 0.3) is 22.4 Å². The number of methoxy groups -OCH3 is 1. The van der Waals surface area contributed by atoms with E-state index in [1.54, 1.807) is 38.6 Å². The summed E-state index contributed by atoms with van der Waals surface area (Å²) in [5.74, 6) is 1.76. The lowest BCUT2D eigenvalue weighted by Gasteiger charge is -2.23. The highest BCUT2D eigenvalue weighted by Gasteiger charge is 2.23. The molecule has 1 aromatic carbocycles. The van der Waals surface area contributed by atoms with E-state index in [9.17, 15) is 4.79 Å². The number of rotatable bonds is 7. The van der Waals surface area contributed by atoms with E-state index in [1.807, 2.05) is 18.3 Å². The van der Waals surface area contributed by atoms with Crippen LogP contribution >= 0.6 is 0 Å². The maximum Gasteiger partial charge on any atom is 0.251 e. The lowest BCUT2D eigenvalue weighted by Crippen LogP contribution is -2.26. The molecule has 0 bridgehead atoms. The van der Waals surface area contributed by atoms with Crippen LogP contribution in [0.1, 0.15) is 23.2 Å². The van der Waals surface area contributed by atoms with Crippen LogP contribution in [0.5, 0.6) is 11.6 Å². The van der Waals surface area contributed by atoms with Crippen LogP contribution in [0.2, 0.25) is 0 Å². The number of nitrogens with one attached hydrogen (secondary N) is 3. The molecule has 10 heteroatoms. The number of hydrogen-bond acceptors (Lipinski definition) is 8. The number of furan rings is 1. The lowest BCUT2D eigenvalue weighted by molar-refractivity contribution is 0.0244. The Morgan fingerprint density at radius 2 is 2.06 bits per heavy atom. The third kappa shape index (κ3) is 4.27. The van der Waals surface area contributed by atoms with Gasteiger partial charge in [0.2, 0.25) is 11.8 Å². The summed E-state index contributed by atoms with van der Waals surface area (Å²) in [4.78, 5) is 24.5. The Kier molecular flexibility index (Phi) is 6.05. The second-order valence-electron chi connectivity index (χ2n) is 7.80. The number of nitrogens with zero attached hydrogens (tertiary/aromatic N) is 2. The van der Waals surface area contributed by atoms with Gasteiger partial charge in [-0.25, -0.2) is 0 Å². The van der Waals surface area contributed by atoms with Gasteiger partial charge in [-0.1, -0.05) is 0 Å². The van der Waals surface area contributed by atoms with E-state index in [0.29, 0.717) is 53.4 Å². The molecule has 0 unspecified atom stereocenters. The number of carbonyl (C=O) groups excluding carboxylic acids is 1. The molecule has 0 saturated carbocycles. The Hall–Kier alpha value is -4.05. The molecule has 5 rings (SSSR count). The second kappa shape index (κ2) is 9.44. The third-order valence-electron chi connectivity index (χ3n) is 5.67. The number of aromatic amines is 1. The Labute approximate surface area is 195 Å². The van der Waals surface area contributed by atoms with Crippen LogP contribution in [-0.4, -0.2) is 54.3 Å². The molecular weight excluding hydrogens is 438 g/mol. The predicted octanol–water partition coefficient (Wildman–Crippen LogP) is 3.89. The van der Waals surface area contributed by atoms with Gasteiger partial charge in [-0.2, -0.15) is 9.97 Å². The summed E-state index contributed by atoms with van der Waals surface area (Å²) >= 11 is 0. The molecule has 3 aromatic heterocycles. The zero-order chi connectivity index (χ0) is 23.5. The minimum atomic E-state index is -0.202. The van der Waals surface area contributed by atoms with Crippen LogP contribution < -0.4 is 20.1 Å². The molecule has 4 heterocycles. The first kappa shape index (κ1) is 21.8. The SMILES string of the molecule is CNC(=O)c1ccc(Nc2nc(OC3CCOCC3)c3c(-c4ccco4)c[nH]c3n2)c(OC)c1. The van der Waals surface area contributed by atoms with Crippen LogP contribution in [-0.2, 0) is 4.74 Å². The molecular formula is C24H25N5O5. The summed E-state index contributed by atoms with van der Waals surface area (Å²) in [7, 11) is 3.12. The van der Waals surface area contributed by atoms with Gasteiger partial charge in [-0.3, -0.25) is 4.79 Å². The van der Waals surface area contributed by atoms with E-state index in [1.165, 1.54) is 0 Å². The van der Waals surface area contributed by atoms with Crippen molar-refractivity contribution in [3.05, 3.63) is 48.4 Å². The van der Waals surface area contributed by atoms with Crippen molar-refractivity contribution in [2.24, 2.45) is 0 Å². The number of fused-ring (bicyclic) bond motifs is 1. The van der Waals surface area contributed by atoms with E-state index < -0.39 is 0 Å². The van der Waals surface area contributed by atoms with E-state index in [-0.39, 0.29) is 12.0 Å². The Bertz CT molecular complexity index is 1290. The highest BCUT2D eigenvalue weighted by atomic mass is 16.5. The fraction of sp³-hybridized carbons (Fsp3) is 0.292. The van der Waals surface area contributed by atoms with Crippen molar-refractivity contribution in [3.8, 4) is 23.0 Å². The molecule has 3 N–H and O–H groups in total. The summed E-state index contributed by atoms with van der Waals surface area (Å²) in [5, 5.41) is 6.54. The minimum Gasteiger partial charge on any atom is -0.495 e. The van der Waals surface area contributed by atoms with Crippen molar-refractivity contribution >= 4 is 28.6 Å². The van der Waals surface area contributed by atoms with Gasteiger partial charge in [-0.05, 0) is 30.3 Å². The first-order valence-electron chi connectivity index (χ1n) is 11.0. The van der Waals surface area contributed by atoms with Gasteiger partial charge in [0.05, 0.1) is 37.7 Å². The largest absolute Gasteiger partial charge is 0.495 e. The molecule has 1 fully saturated rings. The van der Waals surface area contributed by atoms with Crippen LogP contribution in [0, 0.1) is 0 Å². The molecule has 34 heavy (non-hydrogen) atoms. The summed E-state index contributed by atoms with van der Waals surface area (Å²) in [6.07, 6.45) is 5.00. The molecule has 10 nitrogen and oxygen atoms in total. The summed E-state index contributed by atoms with van der Waals surface area (Å²) in [6.45, 7) is 1.30. The Morgan fingerprint density at radius 3 is 2.79 bits per heavy atom. The average Bonchev–Trinajstić information content (AvgIpc) is 3.54. The molecule has 176 valence electrons. The van der Waals surface area contributed by atoms with E-state index in [4.69, 9.17) is 23.6 Å². The third-order valence-corrected chi connectivity index (χ3v) is 5.67. The van der Waals surface area contributed by atoms with Crippen molar-refractivity contribution in [2.45, 2.75) is 18.9 Å². The molecule has 0 spiro atoms. The van der Waals surface area contributed by atoms with Crippen molar-refractivity contribution < 1.29 is 23.4 Å². The van der Waals surface area contributed by atoms with Crippen LogP contribution in [0.4, 0.5) is 11.6 Å². The Morgan fingerprint density at radius 1 is 1.21 bits per heavy atom. The first-order chi connectivity index (χ1) is 16.7. The van der Waals surface area contributed by atoms with Crippen molar-refractivity contribution in [2.75, 3.05) is 32.7 Å². The normalized spacial score (nSPS) is 14.2. The highest BCUT2D eigenvalue weighted by Crippen LogP contribution is 2.37. The van der Waals surface area contributed by atoms with Crippen LogP contribution in [0.15, 0.2) is 47.2 Å². The van der Waals surface area contributed by atoms with Gasteiger partial charge in [0, 0.05) is 37.2 Å². The first-order valence-corrected chi connectivity index (χ1v) is 11.0. The lowest BCUT2D eigenvalue weighted by atomic mass is 10.1. The average molecular weight is 463 g/mol. The van der Waals surface area contributed by atoms with Gasteiger partial charge in [0.15, 0.2) is 0 Å². The summed E-state index contributed by atoms with van der Waals surface area (Å²) < 4.78 is 22.9. The van der Waals surface area contributed by atoms with Gasteiger partial charge in [-0.15, -0.1) is 0 Å². The quantitative estimate of drug-likeness (QED) is 0.377. The fourth-order valence-electron chi connectivity index (χ4n) is 3.92. The topological polar surface area (TPSA) is 124 Å². The second-order valence-corrected chi connectivity index (χ2v) is 7.80. The fourth-order valence-corrected chi connectivity index (χ4v) is 3.92. The number of benzene rings is 1. The van der Waals surface area contributed by atoms with Gasteiger partial charge in [0.25, 0.3) is 5.91 Å². The number of anilines is 2. The monoisotopic (exact) mass is 463 g/mol. The number of aromatic nitrogens is 3. The standard InChI is InChI=1S/C24H25N5O5/c1-25-22(30)14-5-6-17(19(12-14)31-2)27-24-28-21-20(16(13-26-21)18-4-3-9-33-18)23(29-24)34-15-7-10-32-11-8-15/h3-6,9,12-13,15H,7-8,10-11H2,1-2H3,(H,25,30)(H2,26,27,28,29). The smallest absolute Gasteiger partial charge is 0.251 e. The Balaban J connectivity index is 1.54. The zero-order valence-electron chi connectivity index (χ0n) is 18.9.